The average molecular weight is 403 g/mol. The van der Waals surface area contributed by atoms with Crippen LogP contribution in [0.2, 0.25) is 5.02 Å². The fourth-order valence-electron chi connectivity index (χ4n) is 2.12. The highest BCUT2D eigenvalue weighted by Crippen LogP contribution is 2.41. The molecule has 1 heterocycles. The summed E-state index contributed by atoms with van der Waals surface area (Å²) in [5.41, 5.74) is -3.05. The van der Waals surface area contributed by atoms with Crippen molar-refractivity contribution in [2.45, 2.75) is 12.6 Å². The summed E-state index contributed by atoms with van der Waals surface area (Å²) in [5, 5.41) is 8.09. The van der Waals surface area contributed by atoms with Crippen LogP contribution in [0.15, 0.2) is 12.1 Å². The van der Waals surface area contributed by atoms with Gasteiger partial charge in [0.05, 0.1) is 21.8 Å². The van der Waals surface area contributed by atoms with E-state index in [0.29, 0.717) is 6.07 Å². The van der Waals surface area contributed by atoms with Gasteiger partial charge in [-0.25, -0.2) is 27.3 Å². The van der Waals surface area contributed by atoms with Gasteiger partial charge in [0, 0.05) is 5.56 Å². The molecular formula is C14H6ClF7N2O2. The molecule has 2 aromatic rings. The molecule has 26 heavy (non-hydrogen) atoms. The number of carboxylic acid groups (broad SMARTS) is 1. The van der Waals surface area contributed by atoms with E-state index in [0.717, 1.165) is 0 Å². The number of carbonyl (C=O) groups is 1. The second kappa shape index (κ2) is 6.63. The highest BCUT2D eigenvalue weighted by molar-refractivity contribution is 6.35. The Bertz CT molecular complexity index is 900. The Morgan fingerprint density at radius 1 is 1.19 bits per heavy atom. The van der Waals surface area contributed by atoms with Gasteiger partial charge < -0.3 is 10.8 Å². The molecule has 0 saturated heterocycles. The van der Waals surface area contributed by atoms with Crippen molar-refractivity contribution in [2.24, 2.45) is 0 Å². The molecule has 0 radical (unpaired) electrons. The van der Waals surface area contributed by atoms with Gasteiger partial charge in [-0.3, -0.25) is 0 Å². The van der Waals surface area contributed by atoms with Gasteiger partial charge in [0.1, 0.15) is 11.5 Å². The Kier molecular flexibility index (Phi) is 5.04. The topological polar surface area (TPSA) is 76.2 Å². The summed E-state index contributed by atoms with van der Waals surface area (Å²) in [5.74, 6) is -5.48. The average Bonchev–Trinajstić information content (AvgIpc) is 2.51. The normalized spacial score (nSPS) is 11.9. The first kappa shape index (κ1) is 19.8. The van der Waals surface area contributed by atoms with Crippen LogP contribution in [0.3, 0.4) is 0 Å². The number of pyridine rings is 1. The number of benzene rings is 1. The van der Waals surface area contributed by atoms with E-state index in [1.807, 2.05) is 0 Å². The largest absolute Gasteiger partial charge is 0.476 e. The van der Waals surface area contributed by atoms with Crippen LogP contribution in [0.4, 0.5) is 36.4 Å². The van der Waals surface area contributed by atoms with Crippen LogP contribution in [0.5, 0.6) is 0 Å². The smallest absolute Gasteiger partial charge is 0.416 e. The molecule has 0 amide bonds. The molecule has 4 nitrogen and oxygen atoms in total. The maximum Gasteiger partial charge on any atom is 0.416 e. The molecule has 0 atom stereocenters. The number of hydrogen-bond donors (Lipinski definition) is 2. The van der Waals surface area contributed by atoms with Crippen molar-refractivity contribution >= 4 is 23.3 Å². The lowest BCUT2D eigenvalue weighted by Gasteiger charge is -2.16. The summed E-state index contributed by atoms with van der Waals surface area (Å²) < 4.78 is 92.8. The predicted molar refractivity (Wildman–Crippen MR) is 75.9 cm³/mol. The van der Waals surface area contributed by atoms with Gasteiger partial charge in [0.2, 0.25) is 0 Å². The minimum Gasteiger partial charge on any atom is -0.476 e. The fourth-order valence-corrected chi connectivity index (χ4v) is 2.32. The van der Waals surface area contributed by atoms with Gasteiger partial charge in [-0.15, -0.1) is 0 Å². The Labute approximate surface area is 145 Å². The Morgan fingerprint density at radius 3 is 2.23 bits per heavy atom. The third-order valence-electron chi connectivity index (χ3n) is 3.27. The van der Waals surface area contributed by atoms with Gasteiger partial charge in [-0.05, 0) is 12.1 Å². The van der Waals surface area contributed by atoms with E-state index < -0.39 is 69.0 Å². The molecule has 3 N–H and O–H groups in total. The van der Waals surface area contributed by atoms with Gasteiger partial charge in [-0.1, -0.05) is 11.6 Å². The summed E-state index contributed by atoms with van der Waals surface area (Å²) >= 11 is 5.49. The molecule has 0 fully saturated rings. The Balaban J connectivity index is 2.87. The van der Waals surface area contributed by atoms with Crippen LogP contribution < -0.4 is 5.73 Å². The van der Waals surface area contributed by atoms with Gasteiger partial charge >= 0.3 is 12.1 Å². The van der Waals surface area contributed by atoms with Crippen LogP contribution in [0.1, 0.15) is 28.0 Å². The zero-order valence-electron chi connectivity index (χ0n) is 12.1. The number of aromatic carboxylic acids is 1. The molecule has 0 aliphatic carbocycles. The molecular weight excluding hydrogens is 397 g/mol. The van der Waals surface area contributed by atoms with Crippen LogP contribution in [-0.2, 0) is 6.18 Å². The molecule has 2 rings (SSSR count). The molecule has 0 spiro atoms. The second-order valence-corrected chi connectivity index (χ2v) is 5.22. The Morgan fingerprint density at radius 2 is 1.77 bits per heavy atom. The summed E-state index contributed by atoms with van der Waals surface area (Å²) in [6.07, 6.45) is -9.19. The van der Waals surface area contributed by atoms with E-state index >= 15 is 0 Å². The summed E-state index contributed by atoms with van der Waals surface area (Å²) in [6, 6.07) is 0.445. The van der Waals surface area contributed by atoms with Crippen LogP contribution in [-0.4, -0.2) is 16.1 Å². The molecule has 0 saturated carbocycles. The molecule has 0 unspecified atom stereocenters. The first-order chi connectivity index (χ1) is 11.9. The van der Waals surface area contributed by atoms with Gasteiger partial charge in [0.25, 0.3) is 6.43 Å². The first-order valence-electron chi connectivity index (χ1n) is 6.43. The maximum absolute atomic E-state index is 14.3. The molecule has 0 bridgehead atoms. The molecule has 0 aliphatic heterocycles. The number of nitrogens with two attached hydrogens (primary N) is 1. The van der Waals surface area contributed by atoms with Gasteiger partial charge in [-0.2, -0.15) is 13.2 Å². The number of aromatic nitrogens is 1. The van der Waals surface area contributed by atoms with E-state index in [4.69, 9.17) is 22.4 Å². The number of anilines is 1. The van der Waals surface area contributed by atoms with E-state index in [-0.39, 0.29) is 6.07 Å². The standard InChI is InChI=1S/C14H6ClF7N2O2/c15-6-9(23)8(17)10(24-11(6)13(25)26)3-1-2-4(14(20,21)22)5(7(3)16)12(18)19/h1-2,12H,(H2,23,24)(H,25,26). The number of nitrogen functional groups attached to an aromatic ring is 1. The monoisotopic (exact) mass is 402 g/mol. The van der Waals surface area contributed by atoms with Crippen LogP contribution >= 0.6 is 11.6 Å². The van der Waals surface area contributed by atoms with Crippen molar-refractivity contribution in [3.63, 3.8) is 0 Å². The van der Waals surface area contributed by atoms with E-state index in [1.165, 1.54) is 0 Å². The summed E-state index contributed by atoms with van der Waals surface area (Å²) in [4.78, 5) is 14.2. The van der Waals surface area contributed by atoms with Crippen molar-refractivity contribution < 1.29 is 40.6 Å². The lowest BCUT2D eigenvalue weighted by atomic mass is 9.99. The number of hydrogen-bond acceptors (Lipinski definition) is 3. The zero-order valence-corrected chi connectivity index (χ0v) is 12.9. The molecule has 1 aromatic heterocycles. The highest BCUT2D eigenvalue weighted by Gasteiger charge is 2.39. The molecule has 1 aromatic carbocycles. The Hall–Kier alpha value is -2.56. The van der Waals surface area contributed by atoms with Crippen molar-refractivity contribution in [3.8, 4) is 11.3 Å². The van der Waals surface area contributed by atoms with Crippen molar-refractivity contribution in [1.82, 2.24) is 4.98 Å². The quantitative estimate of drug-likeness (QED) is 0.715. The lowest BCUT2D eigenvalue weighted by Crippen LogP contribution is -2.13. The minimum absolute atomic E-state index is 0.103. The van der Waals surface area contributed by atoms with E-state index in [9.17, 15) is 35.5 Å². The third-order valence-corrected chi connectivity index (χ3v) is 3.66. The zero-order chi connectivity index (χ0) is 20.0. The number of nitrogens with zero attached hydrogens (tertiary/aromatic N) is 1. The molecule has 140 valence electrons. The van der Waals surface area contributed by atoms with Gasteiger partial charge in [0.15, 0.2) is 11.5 Å². The van der Waals surface area contributed by atoms with Crippen LogP contribution in [0.25, 0.3) is 11.3 Å². The van der Waals surface area contributed by atoms with Crippen molar-refractivity contribution in [2.75, 3.05) is 5.73 Å². The number of rotatable bonds is 3. The fraction of sp³-hybridized carbons (Fsp3) is 0.143. The third kappa shape index (κ3) is 3.26. The van der Waals surface area contributed by atoms with Crippen LogP contribution in [0, 0.1) is 11.6 Å². The van der Waals surface area contributed by atoms with E-state index in [2.05, 4.69) is 4.98 Å². The first-order valence-corrected chi connectivity index (χ1v) is 6.81. The predicted octanol–water partition coefficient (Wildman–Crippen LogP) is 4.92. The van der Waals surface area contributed by atoms with Crippen molar-refractivity contribution in [1.29, 1.82) is 0 Å². The number of carboxylic acids is 1. The lowest BCUT2D eigenvalue weighted by molar-refractivity contribution is -0.139. The van der Waals surface area contributed by atoms with E-state index in [1.54, 1.807) is 0 Å². The SMILES string of the molecule is Nc1c(F)c(-c2ccc(C(F)(F)F)c(C(F)F)c2F)nc(C(=O)O)c1Cl. The molecule has 12 heteroatoms. The summed E-state index contributed by atoms with van der Waals surface area (Å²) in [6.45, 7) is 0. The van der Waals surface area contributed by atoms with Crippen molar-refractivity contribution in [3.05, 3.63) is 45.6 Å². The highest BCUT2D eigenvalue weighted by atomic mass is 35.5. The molecule has 0 aliphatic rings. The number of halogens is 8. The number of alkyl halides is 5. The summed E-state index contributed by atoms with van der Waals surface area (Å²) in [7, 11) is 0. The second-order valence-electron chi connectivity index (χ2n) is 4.84. The minimum atomic E-state index is -5.30. The maximum atomic E-state index is 14.3.